The highest BCUT2D eigenvalue weighted by Gasteiger charge is 2.41. The van der Waals surface area contributed by atoms with Gasteiger partial charge in [-0.05, 0) is 56.3 Å². The molecular weight excluding hydrogens is 222 g/mol. The van der Waals surface area contributed by atoms with Crippen molar-refractivity contribution in [3.05, 3.63) is 35.4 Å². The van der Waals surface area contributed by atoms with Crippen LogP contribution in [0.1, 0.15) is 43.2 Å². The molecule has 2 aliphatic rings. The van der Waals surface area contributed by atoms with Crippen LogP contribution in [-0.2, 0) is 12.0 Å². The lowest BCUT2D eigenvalue weighted by molar-refractivity contribution is 0.151. The van der Waals surface area contributed by atoms with Gasteiger partial charge in [-0.15, -0.1) is 0 Å². The van der Waals surface area contributed by atoms with Gasteiger partial charge in [0.2, 0.25) is 0 Å². The minimum Gasteiger partial charge on any atom is -0.385 e. The fraction of sp³-hybridized carbons (Fsp3) is 0.625. The topological polar surface area (TPSA) is 23.5 Å². The third-order valence-electron chi connectivity index (χ3n) is 4.38. The third-order valence-corrected chi connectivity index (χ3v) is 4.38. The van der Waals surface area contributed by atoms with E-state index in [2.05, 4.69) is 29.2 Å². The van der Waals surface area contributed by atoms with Crippen LogP contribution in [0, 0.1) is 0 Å². The molecule has 0 bridgehead atoms. The number of rotatable bonds is 4. The van der Waals surface area contributed by atoms with Crippen LogP contribution in [0.3, 0.4) is 0 Å². The molecule has 1 aromatic rings. The zero-order valence-electron chi connectivity index (χ0n) is 11.1. The van der Waals surface area contributed by atoms with E-state index in [1.807, 2.05) is 0 Å². The number of nitrogens with zero attached hydrogens (tertiary/aromatic N) is 1. The molecule has 1 saturated carbocycles. The zero-order chi connectivity index (χ0) is 12.4. The second-order valence-electron chi connectivity index (χ2n) is 5.88. The molecule has 2 fully saturated rings. The van der Waals surface area contributed by atoms with Gasteiger partial charge < -0.3 is 10.0 Å². The van der Waals surface area contributed by atoms with E-state index in [1.165, 1.54) is 44.5 Å². The fourth-order valence-corrected chi connectivity index (χ4v) is 2.86. The molecule has 1 aliphatic carbocycles. The average molecular weight is 245 g/mol. The van der Waals surface area contributed by atoms with Gasteiger partial charge in [0.25, 0.3) is 0 Å². The maximum Gasteiger partial charge on any atom is 0.0899 e. The van der Waals surface area contributed by atoms with Crippen molar-refractivity contribution in [3.63, 3.8) is 0 Å². The minimum atomic E-state index is -0.481. The molecule has 18 heavy (non-hydrogen) atoms. The van der Waals surface area contributed by atoms with Crippen molar-refractivity contribution in [3.8, 4) is 0 Å². The quantitative estimate of drug-likeness (QED) is 0.881. The number of hydrogen-bond donors (Lipinski definition) is 1. The van der Waals surface area contributed by atoms with Gasteiger partial charge in [-0.1, -0.05) is 30.7 Å². The molecule has 1 heterocycles. The standard InChI is InChI=1S/C16H23NO/c18-16(9-10-16)15-6-4-14(5-7-15)8-13-17-11-2-1-3-12-17/h4-7,18H,1-3,8-13H2. The van der Waals surface area contributed by atoms with Gasteiger partial charge >= 0.3 is 0 Å². The Kier molecular flexibility index (Phi) is 3.40. The minimum absolute atomic E-state index is 0.481. The van der Waals surface area contributed by atoms with E-state index in [1.54, 1.807) is 0 Å². The highest BCUT2D eigenvalue weighted by atomic mass is 16.3. The van der Waals surface area contributed by atoms with E-state index < -0.39 is 5.60 Å². The smallest absolute Gasteiger partial charge is 0.0899 e. The molecule has 98 valence electrons. The zero-order valence-corrected chi connectivity index (χ0v) is 11.1. The number of likely N-dealkylation sites (tertiary alicyclic amines) is 1. The predicted octanol–water partition coefficient (Wildman–Crippen LogP) is 2.70. The Labute approximate surface area is 110 Å². The molecule has 1 aromatic carbocycles. The molecule has 0 atom stereocenters. The Hall–Kier alpha value is -0.860. The summed E-state index contributed by atoms with van der Waals surface area (Å²) in [5.74, 6) is 0. The van der Waals surface area contributed by atoms with Gasteiger partial charge in [0.15, 0.2) is 0 Å². The largest absolute Gasteiger partial charge is 0.385 e. The molecule has 2 nitrogen and oxygen atoms in total. The first kappa shape index (κ1) is 12.2. The summed E-state index contributed by atoms with van der Waals surface area (Å²) in [7, 11) is 0. The molecule has 3 rings (SSSR count). The van der Waals surface area contributed by atoms with Crippen LogP contribution in [-0.4, -0.2) is 29.6 Å². The summed E-state index contributed by atoms with van der Waals surface area (Å²) >= 11 is 0. The summed E-state index contributed by atoms with van der Waals surface area (Å²) in [6.45, 7) is 3.74. The Morgan fingerprint density at radius 1 is 1.00 bits per heavy atom. The van der Waals surface area contributed by atoms with E-state index in [0.29, 0.717) is 0 Å². The van der Waals surface area contributed by atoms with Crippen molar-refractivity contribution in [2.24, 2.45) is 0 Å². The molecule has 2 heteroatoms. The molecular formula is C16H23NO. The van der Waals surface area contributed by atoms with Crippen molar-refractivity contribution in [1.82, 2.24) is 4.90 Å². The van der Waals surface area contributed by atoms with Gasteiger partial charge in [-0.2, -0.15) is 0 Å². The summed E-state index contributed by atoms with van der Waals surface area (Å²) in [6, 6.07) is 8.60. The lowest BCUT2D eigenvalue weighted by Gasteiger charge is -2.26. The molecule has 1 N–H and O–H groups in total. The van der Waals surface area contributed by atoms with Crippen LogP contribution in [0.25, 0.3) is 0 Å². The summed E-state index contributed by atoms with van der Waals surface area (Å²) in [5, 5.41) is 10.0. The first-order valence-corrected chi connectivity index (χ1v) is 7.30. The summed E-state index contributed by atoms with van der Waals surface area (Å²) in [6.07, 6.45) is 7.14. The number of hydrogen-bond acceptors (Lipinski definition) is 2. The molecule has 0 amide bonds. The summed E-state index contributed by atoms with van der Waals surface area (Å²) in [5.41, 5.74) is 2.02. The molecule has 0 unspecified atom stereocenters. The number of piperidine rings is 1. The van der Waals surface area contributed by atoms with Gasteiger partial charge in [-0.3, -0.25) is 0 Å². The van der Waals surface area contributed by atoms with Gasteiger partial charge in [0, 0.05) is 6.54 Å². The maximum atomic E-state index is 10.0. The summed E-state index contributed by atoms with van der Waals surface area (Å²) in [4.78, 5) is 2.58. The second kappa shape index (κ2) is 5.02. The van der Waals surface area contributed by atoms with E-state index >= 15 is 0 Å². The SMILES string of the molecule is OC1(c2ccc(CCN3CCCCC3)cc2)CC1. The Morgan fingerprint density at radius 3 is 2.28 bits per heavy atom. The van der Waals surface area contributed by atoms with E-state index in [9.17, 15) is 5.11 Å². The highest BCUT2D eigenvalue weighted by molar-refractivity contribution is 5.30. The predicted molar refractivity (Wildman–Crippen MR) is 73.6 cm³/mol. The maximum absolute atomic E-state index is 10.0. The lowest BCUT2D eigenvalue weighted by Crippen LogP contribution is -2.31. The first-order chi connectivity index (χ1) is 8.76. The summed E-state index contributed by atoms with van der Waals surface area (Å²) < 4.78 is 0. The number of benzene rings is 1. The average Bonchev–Trinajstić information content (AvgIpc) is 3.17. The van der Waals surface area contributed by atoms with Crippen LogP contribution in [0.2, 0.25) is 0 Å². The lowest BCUT2D eigenvalue weighted by atomic mass is 10.0. The van der Waals surface area contributed by atoms with Crippen molar-refractivity contribution in [2.75, 3.05) is 19.6 Å². The number of aliphatic hydroxyl groups is 1. The van der Waals surface area contributed by atoms with E-state index in [-0.39, 0.29) is 0 Å². The third kappa shape index (κ3) is 2.76. The van der Waals surface area contributed by atoms with Gasteiger partial charge in [0.05, 0.1) is 5.60 Å². The molecule has 0 radical (unpaired) electrons. The molecule has 0 aromatic heterocycles. The highest BCUT2D eigenvalue weighted by Crippen LogP contribution is 2.45. The fourth-order valence-electron chi connectivity index (χ4n) is 2.86. The van der Waals surface area contributed by atoms with Gasteiger partial charge in [-0.25, -0.2) is 0 Å². The van der Waals surface area contributed by atoms with Crippen molar-refractivity contribution < 1.29 is 5.11 Å². The van der Waals surface area contributed by atoms with Crippen molar-refractivity contribution in [1.29, 1.82) is 0 Å². The monoisotopic (exact) mass is 245 g/mol. The Morgan fingerprint density at radius 2 is 1.67 bits per heavy atom. The molecule has 1 saturated heterocycles. The van der Waals surface area contributed by atoms with E-state index in [0.717, 1.165) is 24.8 Å². The van der Waals surface area contributed by atoms with Crippen LogP contribution in [0.15, 0.2) is 24.3 Å². The first-order valence-electron chi connectivity index (χ1n) is 7.30. The van der Waals surface area contributed by atoms with E-state index in [4.69, 9.17) is 0 Å². The van der Waals surface area contributed by atoms with Crippen LogP contribution < -0.4 is 0 Å². The Balaban J connectivity index is 1.53. The van der Waals surface area contributed by atoms with Crippen molar-refractivity contribution in [2.45, 2.75) is 44.1 Å². The molecule has 1 aliphatic heterocycles. The van der Waals surface area contributed by atoms with Crippen LogP contribution in [0.4, 0.5) is 0 Å². The molecule has 0 spiro atoms. The normalized spacial score (nSPS) is 22.9. The van der Waals surface area contributed by atoms with Crippen LogP contribution in [0.5, 0.6) is 0 Å². The van der Waals surface area contributed by atoms with Crippen molar-refractivity contribution >= 4 is 0 Å². The Bertz CT molecular complexity index is 388. The van der Waals surface area contributed by atoms with Crippen LogP contribution >= 0.6 is 0 Å². The second-order valence-corrected chi connectivity index (χ2v) is 5.88. The van der Waals surface area contributed by atoms with Gasteiger partial charge in [0.1, 0.15) is 0 Å².